The molecule has 1 aromatic rings. The zero-order valence-corrected chi connectivity index (χ0v) is 11.9. The van der Waals surface area contributed by atoms with Gasteiger partial charge in [-0.25, -0.2) is 13.1 Å². The van der Waals surface area contributed by atoms with Crippen LogP contribution in [0.15, 0.2) is 29.2 Å². The number of ether oxygens (including phenoxy) is 2. The van der Waals surface area contributed by atoms with Gasteiger partial charge in [0.25, 0.3) is 15.9 Å². The van der Waals surface area contributed by atoms with Crippen molar-refractivity contribution in [1.29, 1.82) is 0 Å². The Morgan fingerprint density at radius 2 is 1.84 bits per heavy atom. The van der Waals surface area contributed by atoms with Crippen molar-refractivity contribution in [2.75, 3.05) is 14.2 Å². The second-order valence-electron chi connectivity index (χ2n) is 3.78. The normalized spacial score (nSPS) is 12.8. The predicted octanol–water partition coefficient (Wildman–Crippen LogP) is 0.925. The molecule has 0 unspecified atom stereocenters. The molecule has 0 radical (unpaired) electrons. The van der Waals surface area contributed by atoms with Crippen molar-refractivity contribution in [1.82, 2.24) is 4.72 Å². The van der Waals surface area contributed by atoms with E-state index in [1.165, 1.54) is 38.5 Å². The van der Waals surface area contributed by atoms with Crippen molar-refractivity contribution in [3.63, 3.8) is 0 Å². The van der Waals surface area contributed by atoms with Gasteiger partial charge in [-0.2, -0.15) is 0 Å². The van der Waals surface area contributed by atoms with Gasteiger partial charge in [0.05, 0.1) is 12.0 Å². The van der Waals surface area contributed by atoms with Crippen LogP contribution < -0.4 is 9.46 Å². The molecule has 0 heterocycles. The summed E-state index contributed by atoms with van der Waals surface area (Å²) < 4.78 is 35.7. The minimum atomic E-state index is -3.88. The number of hydrogen-bond donors (Lipinski definition) is 1. The van der Waals surface area contributed by atoms with E-state index in [-0.39, 0.29) is 4.90 Å². The number of carbonyl (C=O) groups is 1. The monoisotopic (exact) mass is 287 g/mol. The molecule has 0 aliphatic rings. The van der Waals surface area contributed by atoms with Gasteiger partial charge in [0.1, 0.15) is 11.9 Å². The first-order chi connectivity index (χ1) is 8.94. The second kappa shape index (κ2) is 6.53. The molecule has 1 rings (SSSR count). The van der Waals surface area contributed by atoms with Gasteiger partial charge in [-0.1, -0.05) is 6.92 Å². The predicted molar refractivity (Wildman–Crippen MR) is 69.4 cm³/mol. The molecule has 0 spiro atoms. The van der Waals surface area contributed by atoms with Crippen molar-refractivity contribution in [3.8, 4) is 5.75 Å². The Balaban J connectivity index is 2.88. The first kappa shape index (κ1) is 15.5. The Morgan fingerprint density at radius 1 is 1.26 bits per heavy atom. The number of carbonyl (C=O) groups excluding carboxylic acids is 1. The number of amides is 1. The fourth-order valence-electron chi connectivity index (χ4n) is 1.47. The molecule has 1 atom stereocenters. The lowest BCUT2D eigenvalue weighted by Crippen LogP contribution is -2.39. The molecule has 1 aromatic carbocycles. The molecule has 6 nitrogen and oxygen atoms in total. The summed E-state index contributed by atoms with van der Waals surface area (Å²) in [5.41, 5.74) is 0. The van der Waals surface area contributed by atoms with Crippen LogP contribution >= 0.6 is 0 Å². The Kier molecular flexibility index (Phi) is 5.31. The van der Waals surface area contributed by atoms with E-state index in [2.05, 4.69) is 0 Å². The fourth-order valence-corrected chi connectivity index (χ4v) is 2.48. The van der Waals surface area contributed by atoms with E-state index in [4.69, 9.17) is 9.47 Å². The van der Waals surface area contributed by atoms with Crippen LogP contribution in [0.5, 0.6) is 5.75 Å². The van der Waals surface area contributed by atoms with Crippen LogP contribution in [0, 0.1) is 0 Å². The highest BCUT2D eigenvalue weighted by Crippen LogP contribution is 2.15. The molecule has 0 aliphatic carbocycles. The molecule has 106 valence electrons. The summed E-state index contributed by atoms with van der Waals surface area (Å²) in [7, 11) is -1.05. The van der Waals surface area contributed by atoms with Crippen LogP contribution in [0.2, 0.25) is 0 Å². The minimum Gasteiger partial charge on any atom is -0.497 e. The van der Waals surface area contributed by atoms with Crippen LogP contribution in [-0.4, -0.2) is 34.6 Å². The molecule has 0 fully saturated rings. The van der Waals surface area contributed by atoms with E-state index >= 15 is 0 Å². The molecule has 0 saturated carbocycles. The van der Waals surface area contributed by atoms with E-state index in [9.17, 15) is 13.2 Å². The van der Waals surface area contributed by atoms with Gasteiger partial charge in [0.15, 0.2) is 0 Å². The number of methoxy groups -OCH3 is 2. The first-order valence-corrected chi connectivity index (χ1v) is 7.16. The van der Waals surface area contributed by atoms with Crippen LogP contribution in [0.1, 0.15) is 13.3 Å². The Hall–Kier alpha value is -1.60. The third kappa shape index (κ3) is 3.93. The summed E-state index contributed by atoms with van der Waals surface area (Å²) in [5.74, 6) is -0.144. The second-order valence-corrected chi connectivity index (χ2v) is 5.46. The summed E-state index contributed by atoms with van der Waals surface area (Å²) in [6.07, 6.45) is -0.395. The molecular formula is C12H17NO5S. The van der Waals surface area contributed by atoms with Gasteiger partial charge >= 0.3 is 0 Å². The maximum Gasteiger partial charge on any atom is 0.264 e. The average molecular weight is 287 g/mol. The Bertz CT molecular complexity index is 520. The smallest absolute Gasteiger partial charge is 0.264 e. The van der Waals surface area contributed by atoms with Gasteiger partial charge in [-0.05, 0) is 30.7 Å². The van der Waals surface area contributed by atoms with E-state index in [1.807, 2.05) is 4.72 Å². The zero-order chi connectivity index (χ0) is 14.5. The maximum atomic E-state index is 12.0. The maximum absolute atomic E-state index is 12.0. The zero-order valence-electron chi connectivity index (χ0n) is 11.0. The van der Waals surface area contributed by atoms with Crippen molar-refractivity contribution >= 4 is 15.9 Å². The van der Waals surface area contributed by atoms with E-state index < -0.39 is 22.0 Å². The van der Waals surface area contributed by atoms with E-state index in [0.29, 0.717) is 12.2 Å². The Labute approximate surface area is 112 Å². The quantitative estimate of drug-likeness (QED) is 0.841. The largest absolute Gasteiger partial charge is 0.497 e. The molecule has 1 amide bonds. The van der Waals surface area contributed by atoms with Crippen LogP contribution in [0.3, 0.4) is 0 Å². The van der Waals surface area contributed by atoms with Crippen molar-refractivity contribution in [2.24, 2.45) is 0 Å². The molecule has 0 saturated heterocycles. The summed E-state index contributed by atoms with van der Waals surface area (Å²) in [4.78, 5) is 11.7. The lowest BCUT2D eigenvalue weighted by molar-refractivity contribution is -0.129. The van der Waals surface area contributed by atoms with Crippen LogP contribution in [0.4, 0.5) is 0 Å². The van der Waals surface area contributed by atoms with Crippen molar-refractivity contribution in [3.05, 3.63) is 24.3 Å². The SMILES string of the molecule is CC[C@H](OC)C(=O)NS(=O)(=O)c1ccc(OC)cc1. The van der Waals surface area contributed by atoms with Gasteiger partial charge in [-0.3, -0.25) is 4.79 Å². The molecule has 19 heavy (non-hydrogen) atoms. The average Bonchev–Trinajstić information content (AvgIpc) is 2.39. The fraction of sp³-hybridized carbons (Fsp3) is 0.417. The summed E-state index contributed by atoms with van der Waals surface area (Å²) >= 11 is 0. The van der Waals surface area contributed by atoms with Gasteiger partial charge < -0.3 is 9.47 Å². The lowest BCUT2D eigenvalue weighted by Gasteiger charge is -2.13. The van der Waals surface area contributed by atoms with Crippen molar-refractivity contribution in [2.45, 2.75) is 24.3 Å². The third-order valence-corrected chi connectivity index (χ3v) is 3.92. The third-order valence-electron chi connectivity index (χ3n) is 2.55. The molecular weight excluding hydrogens is 270 g/mol. The summed E-state index contributed by atoms with van der Waals surface area (Å²) in [5, 5.41) is 0. The van der Waals surface area contributed by atoms with E-state index in [0.717, 1.165) is 0 Å². The van der Waals surface area contributed by atoms with Crippen LogP contribution in [-0.2, 0) is 19.6 Å². The standard InChI is InChI=1S/C12H17NO5S/c1-4-11(18-3)12(14)13-19(15,16)10-7-5-9(17-2)6-8-10/h5-8,11H,4H2,1-3H3,(H,13,14)/t11-/m0/s1. The van der Waals surface area contributed by atoms with Gasteiger partial charge in [0.2, 0.25) is 0 Å². The molecule has 0 aromatic heterocycles. The number of rotatable bonds is 6. The lowest BCUT2D eigenvalue weighted by atomic mass is 10.3. The Morgan fingerprint density at radius 3 is 2.26 bits per heavy atom. The number of hydrogen-bond acceptors (Lipinski definition) is 5. The highest BCUT2D eigenvalue weighted by atomic mass is 32.2. The minimum absolute atomic E-state index is 0.00685. The van der Waals surface area contributed by atoms with Crippen molar-refractivity contribution < 1.29 is 22.7 Å². The topological polar surface area (TPSA) is 81.7 Å². The molecule has 7 heteroatoms. The van der Waals surface area contributed by atoms with Gasteiger partial charge in [-0.15, -0.1) is 0 Å². The summed E-state index contributed by atoms with van der Waals surface area (Å²) in [6, 6.07) is 5.74. The number of nitrogens with one attached hydrogen (secondary N) is 1. The van der Waals surface area contributed by atoms with E-state index in [1.54, 1.807) is 6.92 Å². The van der Waals surface area contributed by atoms with Crippen LogP contribution in [0.25, 0.3) is 0 Å². The number of benzene rings is 1. The first-order valence-electron chi connectivity index (χ1n) is 5.68. The summed E-state index contributed by atoms with van der Waals surface area (Å²) in [6.45, 7) is 1.73. The highest BCUT2D eigenvalue weighted by Gasteiger charge is 2.23. The molecule has 1 N–H and O–H groups in total. The number of sulfonamides is 1. The highest BCUT2D eigenvalue weighted by molar-refractivity contribution is 7.90. The molecule has 0 bridgehead atoms. The van der Waals surface area contributed by atoms with Gasteiger partial charge in [0, 0.05) is 7.11 Å². The molecule has 0 aliphatic heterocycles.